The van der Waals surface area contributed by atoms with Crippen molar-refractivity contribution >= 4 is 12.0 Å². The maximum atomic E-state index is 10.5. The number of aliphatic carboxylic acids is 1. The van der Waals surface area contributed by atoms with E-state index >= 15 is 0 Å². The van der Waals surface area contributed by atoms with Crippen molar-refractivity contribution in [3.8, 4) is 5.69 Å². The van der Waals surface area contributed by atoms with Gasteiger partial charge in [0.15, 0.2) is 5.82 Å². The number of carboxylic acids is 1. The SMILES string of the molecule is Cc1ccc(-n2nnnc2/C=C/C(=O)O)cc1C. The second-order valence-corrected chi connectivity index (χ2v) is 3.89. The van der Waals surface area contributed by atoms with Crippen LogP contribution in [0.1, 0.15) is 17.0 Å². The van der Waals surface area contributed by atoms with Crippen molar-refractivity contribution in [2.24, 2.45) is 0 Å². The molecular formula is C12H12N4O2. The minimum absolute atomic E-state index is 0.376. The molecule has 0 saturated heterocycles. The highest BCUT2D eigenvalue weighted by molar-refractivity contribution is 5.84. The fourth-order valence-corrected chi connectivity index (χ4v) is 1.49. The first-order chi connectivity index (χ1) is 8.58. The van der Waals surface area contributed by atoms with E-state index in [0.717, 1.165) is 17.3 Å². The average molecular weight is 244 g/mol. The lowest BCUT2D eigenvalue weighted by Gasteiger charge is -2.05. The number of aromatic nitrogens is 4. The van der Waals surface area contributed by atoms with E-state index in [9.17, 15) is 4.79 Å². The molecule has 6 nitrogen and oxygen atoms in total. The van der Waals surface area contributed by atoms with Crippen LogP contribution in [-0.2, 0) is 4.79 Å². The molecule has 6 heteroatoms. The van der Waals surface area contributed by atoms with Gasteiger partial charge in [0.1, 0.15) is 0 Å². The molecule has 2 rings (SSSR count). The van der Waals surface area contributed by atoms with Crippen LogP contribution in [0.4, 0.5) is 0 Å². The number of carboxylic acid groups (broad SMARTS) is 1. The standard InChI is InChI=1S/C12H12N4O2/c1-8-3-4-10(7-9(8)2)16-11(13-14-15-16)5-6-12(17)18/h3-7H,1-2H3,(H,17,18)/b6-5+. The van der Waals surface area contributed by atoms with Gasteiger partial charge in [-0.05, 0) is 53.6 Å². The Kier molecular flexibility index (Phi) is 3.18. The zero-order valence-electron chi connectivity index (χ0n) is 10.0. The molecule has 0 atom stereocenters. The molecule has 0 fully saturated rings. The number of nitrogens with zero attached hydrogens (tertiary/aromatic N) is 4. The van der Waals surface area contributed by atoms with E-state index in [1.807, 2.05) is 32.0 Å². The van der Waals surface area contributed by atoms with Gasteiger partial charge in [-0.25, -0.2) is 4.79 Å². The Morgan fingerprint density at radius 2 is 2.11 bits per heavy atom. The highest BCUT2D eigenvalue weighted by Crippen LogP contribution is 2.14. The lowest BCUT2D eigenvalue weighted by Crippen LogP contribution is -2.01. The van der Waals surface area contributed by atoms with E-state index in [1.54, 1.807) is 0 Å². The van der Waals surface area contributed by atoms with Crippen molar-refractivity contribution in [3.63, 3.8) is 0 Å². The van der Waals surface area contributed by atoms with Gasteiger partial charge in [0.05, 0.1) is 5.69 Å². The summed E-state index contributed by atoms with van der Waals surface area (Å²) in [5.41, 5.74) is 3.10. The van der Waals surface area contributed by atoms with E-state index in [2.05, 4.69) is 15.5 Å². The molecule has 0 aliphatic carbocycles. The topological polar surface area (TPSA) is 80.9 Å². The van der Waals surface area contributed by atoms with Gasteiger partial charge in [0.25, 0.3) is 0 Å². The molecule has 92 valence electrons. The maximum Gasteiger partial charge on any atom is 0.328 e. The van der Waals surface area contributed by atoms with E-state index in [0.29, 0.717) is 5.82 Å². The molecule has 0 amide bonds. The largest absolute Gasteiger partial charge is 0.478 e. The fraction of sp³-hybridized carbons (Fsp3) is 0.167. The van der Waals surface area contributed by atoms with E-state index in [4.69, 9.17) is 5.11 Å². The van der Waals surface area contributed by atoms with Gasteiger partial charge in [-0.1, -0.05) is 6.07 Å². The van der Waals surface area contributed by atoms with Gasteiger partial charge in [0, 0.05) is 6.08 Å². The van der Waals surface area contributed by atoms with Crippen molar-refractivity contribution < 1.29 is 9.90 Å². The molecule has 18 heavy (non-hydrogen) atoms. The normalized spacial score (nSPS) is 11.0. The molecule has 1 aromatic heterocycles. The Bertz CT molecular complexity index is 616. The number of tetrazole rings is 1. The highest BCUT2D eigenvalue weighted by atomic mass is 16.4. The summed E-state index contributed by atoms with van der Waals surface area (Å²) in [5.74, 6) is -0.662. The summed E-state index contributed by atoms with van der Waals surface area (Å²) in [7, 11) is 0. The second kappa shape index (κ2) is 4.79. The maximum absolute atomic E-state index is 10.5. The molecule has 0 aliphatic rings. The molecule has 0 saturated carbocycles. The predicted octanol–water partition coefficient (Wildman–Crippen LogP) is 1.38. The summed E-state index contributed by atoms with van der Waals surface area (Å²) in [6.45, 7) is 4.01. The summed E-state index contributed by atoms with van der Waals surface area (Å²) in [5, 5.41) is 19.8. The summed E-state index contributed by atoms with van der Waals surface area (Å²) in [4.78, 5) is 10.5. The first kappa shape index (κ1) is 12.0. The van der Waals surface area contributed by atoms with Crippen LogP contribution in [0.2, 0.25) is 0 Å². The van der Waals surface area contributed by atoms with Crippen molar-refractivity contribution in [1.29, 1.82) is 0 Å². The third-order valence-corrected chi connectivity index (χ3v) is 2.60. The molecule has 0 bridgehead atoms. The predicted molar refractivity (Wildman–Crippen MR) is 65.3 cm³/mol. The number of hydrogen-bond donors (Lipinski definition) is 1. The third-order valence-electron chi connectivity index (χ3n) is 2.60. The molecule has 0 unspecified atom stereocenters. The van der Waals surface area contributed by atoms with Gasteiger partial charge >= 0.3 is 5.97 Å². The Labute approximate surface area is 104 Å². The molecule has 1 heterocycles. The Morgan fingerprint density at radius 1 is 1.33 bits per heavy atom. The van der Waals surface area contributed by atoms with E-state index in [1.165, 1.54) is 16.3 Å². The van der Waals surface area contributed by atoms with Gasteiger partial charge in [-0.2, -0.15) is 4.68 Å². The zero-order valence-corrected chi connectivity index (χ0v) is 10.0. The van der Waals surface area contributed by atoms with Gasteiger partial charge in [0.2, 0.25) is 0 Å². The molecule has 1 aromatic carbocycles. The minimum atomic E-state index is -1.04. The number of carbonyl (C=O) groups is 1. The van der Waals surface area contributed by atoms with Crippen molar-refractivity contribution in [3.05, 3.63) is 41.2 Å². The monoisotopic (exact) mass is 244 g/mol. The number of rotatable bonds is 3. The van der Waals surface area contributed by atoms with Crippen molar-refractivity contribution in [2.75, 3.05) is 0 Å². The van der Waals surface area contributed by atoms with Crippen LogP contribution in [0, 0.1) is 13.8 Å². The van der Waals surface area contributed by atoms with Crippen molar-refractivity contribution in [1.82, 2.24) is 20.2 Å². The van der Waals surface area contributed by atoms with Crippen LogP contribution in [0.25, 0.3) is 11.8 Å². The zero-order chi connectivity index (χ0) is 13.1. The fourth-order valence-electron chi connectivity index (χ4n) is 1.49. The van der Waals surface area contributed by atoms with Crippen LogP contribution in [0.3, 0.4) is 0 Å². The lowest BCUT2D eigenvalue weighted by atomic mass is 10.1. The summed E-state index contributed by atoms with van der Waals surface area (Å²) >= 11 is 0. The first-order valence-corrected chi connectivity index (χ1v) is 5.35. The Morgan fingerprint density at radius 3 is 2.78 bits per heavy atom. The number of benzene rings is 1. The van der Waals surface area contributed by atoms with Crippen LogP contribution in [-0.4, -0.2) is 31.3 Å². The molecule has 1 N–H and O–H groups in total. The summed E-state index contributed by atoms with van der Waals surface area (Å²) < 4.78 is 1.49. The van der Waals surface area contributed by atoms with Gasteiger partial charge in [-0.3, -0.25) is 0 Å². The van der Waals surface area contributed by atoms with E-state index < -0.39 is 5.97 Å². The quantitative estimate of drug-likeness (QED) is 0.825. The molecule has 0 radical (unpaired) electrons. The van der Waals surface area contributed by atoms with Crippen molar-refractivity contribution in [2.45, 2.75) is 13.8 Å². The van der Waals surface area contributed by atoms with Gasteiger partial charge in [-0.15, -0.1) is 5.10 Å². The van der Waals surface area contributed by atoms with Crippen LogP contribution in [0.15, 0.2) is 24.3 Å². The van der Waals surface area contributed by atoms with Crippen LogP contribution < -0.4 is 0 Å². The minimum Gasteiger partial charge on any atom is -0.478 e. The Balaban J connectivity index is 2.42. The molecular weight excluding hydrogens is 232 g/mol. The lowest BCUT2D eigenvalue weighted by molar-refractivity contribution is -0.131. The van der Waals surface area contributed by atoms with Gasteiger partial charge < -0.3 is 5.11 Å². The third kappa shape index (κ3) is 2.42. The first-order valence-electron chi connectivity index (χ1n) is 5.35. The average Bonchev–Trinajstić information content (AvgIpc) is 2.78. The molecule has 2 aromatic rings. The smallest absolute Gasteiger partial charge is 0.328 e. The molecule has 0 aliphatic heterocycles. The van der Waals surface area contributed by atoms with Crippen LogP contribution in [0.5, 0.6) is 0 Å². The van der Waals surface area contributed by atoms with E-state index in [-0.39, 0.29) is 0 Å². The summed E-state index contributed by atoms with van der Waals surface area (Å²) in [6, 6.07) is 5.80. The Hall–Kier alpha value is -2.50. The summed E-state index contributed by atoms with van der Waals surface area (Å²) in [6.07, 6.45) is 2.36. The molecule has 0 spiro atoms. The van der Waals surface area contributed by atoms with Crippen LogP contribution >= 0.6 is 0 Å². The second-order valence-electron chi connectivity index (χ2n) is 3.89. The highest BCUT2D eigenvalue weighted by Gasteiger charge is 2.06. The number of hydrogen-bond acceptors (Lipinski definition) is 4. The number of aryl methyl sites for hydroxylation is 2.